The molecule has 1 rings (SSSR count). The van der Waals surface area contributed by atoms with E-state index in [1.165, 1.54) is 51.6 Å². The average Bonchev–Trinajstić information content (AvgIpc) is 2.67. The Morgan fingerprint density at radius 2 is 1.79 bits per heavy atom. The van der Waals surface area contributed by atoms with Crippen LogP contribution in [0.1, 0.15) is 59.3 Å². The van der Waals surface area contributed by atoms with Crippen LogP contribution in [0.5, 0.6) is 0 Å². The number of nitrogens with zero attached hydrogens (tertiary/aromatic N) is 1. The van der Waals surface area contributed by atoms with Crippen LogP contribution in [0.3, 0.4) is 0 Å². The van der Waals surface area contributed by atoms with E-state index in [1.54, 1.807) is 0 Å². The van der Waals surface area contributed by atoms with Gasteiger partial charge in [0.2, 0.25) is 0 Å². The maximum Gasteiger partial charge on any atom is 0.00694 e. The van der Waals surface area contributed by atoms with Crippen molar-refractivity contribution in [2.45, 2.75) is 65.3 Å². The number of likely N-dealkylation sites (tertiary alicyclic amines) is 1. The summed E-state index contributed by atoms with van der Waals surface area (Å²) in [7, 11) is 0. The second-order valence-corrected chi connectivity index (χ2v) is 5.08. The quantitative estimate of drug-likeness (QED) is 0.628. The Bertz CT molecular complexity index is 138. The van der Waals surface area contributed by atoms with Crippen molar-refractivity contribution in [3.63, 3.8) is 0 Å². The summed E-state index contributed by atoms with van der Waals surface area (Å²) < 4.78 is 0. The van der Waals surface area contributed by atoms with Gasteiger partial charge in [-0.3, -0.25) is 0 Å². The summed E-state index contributed by atoms with van der Waals surface area (Å²) >= 11 is 0. The number of unbranched alkanes of at least 4 members (excludes halogenated alkanes) is 1. The summed E-state index contributed by atoms with van der Waals surface area (Å²) in [6.45, 7) is 9.82. The maximum atomic E-state index is 2.67. The highest BCUT2D eigenvalue weighted by atomic mass is 15.2. The minimum Gasteiger partial charge on any atom is -0.301 e. The first-order valence-corrected chi connectivity index (χ1v) is 6.48. The summed E-state index contributed by atoms with van der Waals surface area (Å²) in [6.07, 6.45) is 8.44. The van der Waals surface area contributed by atoms with Gasteiger partial charge >= 0.3 is 0 Å². The van der Waals surface area contributed by atoms with Crippen LogP contribution in [0, 0.1) is 5.92 Å². The molecule has 1 saturated heterocycles. The molecule has 0 saturated carbocycles. The highest BCUT2D eigenvalue weighted by Gasteiger charge is 2.19. The van der Waals surface area contributed by atoms with Crippen LogP contribution in [0.2, 0.25) is 0 Å². The predicted molar refractivity (Wildman–Crippen MR) is 63.6 cm³/mol. The van der Waals surface area contributed by atoms with Crippen LogP contribution < -0.4 is 0 Å². The molecule has 0 bridgehead atoms. The van der Waals surface area contributed by atoms with Crippen molar-refractivity contribution in [3.8, 4) is 0 Å². The number of rotatable bonds is 6. The van der Waals surface area contributed by atoms with Crippen LogP contribution in [0.25, 0.3) is 0 Å². The Kier molecular flexibility index (Phi) is 5.54. The lowest BCUT2D eigenvalue weighted by Gasteiger charge is -2.26. The van der Waals surface area contributed by atoms with Gasteiger partial charge in [-0.1, -0.05) is 33.1 Å². The molecule has 84 valence electrons. The smallest absolute Gasteiger partial charge is 0.00694 e. The number of hydrogen-bond donors (Lipinski definition) is 0. The molecule has 0 spiro atoms. The van der Waals surface area contributed by atoms with E-state index in [0.29, 0.717) is 0 Å². The first kappa shape index (κ1) is 12.0. The summed E-state index contributed by atoms with van der Waals surface area (Å²) in [5.41, 5.74) is 0. The van der Waals surface area contributed by atoms with Crippen molar-refractivity contribution in [1.29, 1.82) is 0 Å². The lowest BCUT2D eigenvalue weighted by Crippen LogP contribution is -2.31. The van der Waals surface area contributed by atoms with E-state index < -0.39 is 0 Å². The van der Waals surface area contributed by atoms with Gasteiger partial charge in [0.25, 0.3) is 0 Å². The minimum absolute atomic E-state index is 0.823. The Morgan fingerprint density at radius 3 is 2.36 bits per heavy atom. The van der Waals surface area contributed by atoms with Gasteiger partial charge in [-0.05, 0) is 45.2 Å². The molecule has 0 aromatic rings. The molecule has 1 heteroatoms. The molecule has 1 heterocycles. The summed E-state index contributed by atoms with van der Waals surface area (Å²) in [6, 6.07) is 0.823. The van der Waals surface area contributed by atoms with Crippen LogP contribution in [-0.2, 0) is 0 Å². The van der Waals surface area contributed by atoms with Gasteiger partial charge in [-0.2, -0.15) is 0 Å². The Hall–Kier alpha value is -0.0400. The molecule has 1 aliphatic heterocycles. The van der Waals surface area contributed by atoms with E-state index in [1.807, 2.05) is 0 Å². The zero-order valence-corrected chi connectivity index (χ0v) is 10.3. The van der Waals surface area contributed by atoms with E-state index >= 15 is 0 Å². The van der Waals surface area contributed by atoms with Gasteiger partial charge in [0.1, 0.15) is 0 Å². The van der Waals surface area contributed by atoms with Gasteiger partial charge in [-0.15, -0.1) is 0 Å². The highest BCUT2D eigenvalue weighted by Crippen LogP contribution is 2.20. The van der Waals surface area contributed by atoms with E-state index in [9.17, 15) is 0 Å². The third-order valence-electron chi connectivity index (χ3n) is 3.56. The molecule has 14 heavy (non-hydrogen) atoms. The fraction of sp³-hybridized carbons (Fsp3) is 1.00. The molecule has 0 amide bonds. The first-order valence-electron chi connectivity index (χ1n) is 6.48. The zero-order valence-electron chi connectivity index (χ0n) is 10.3. The van der Waals surface area contributed by atoms with E-state index in [2.05, 4.69) is 25.7 Å². The monoisotopic (exact) mass is 197 g/mol. The van der Waals surface area contributed by atoms with Crippen molar-refractivity contribution < 1.29 is 0 Å². The topological polar surface area (TPSA) is 3.24 Å². The van der Waals surface area contributed by atoms with Crippen LogP contribution >= 0.6 is 0 Å². The molecule has 0 radical (unpaired) electrons. The van der Waals surface area contributed by atoms with Gasteiger partial charge < -0.3 is 4.90 Å². The standard InChI is InChI=1S/C13H27N/c1-4-5-8-12(2)11-13(3)14-9-6-7-10-14/h12-13H,4-11H2,1-3H3. The van der Waals surface area contributed by atoms with Gasteiger partial charge in [0.05, 0.1) is 0 Å². The Balaban J connectivity index is 2.14. The molecule has 1 nitrogen and oxygen atoms in total. The van der Waals surface area contributed by atoms with Gasteiger partial charge in [0.15, 0.2) is 0 Å². The number of hydrogen-bond acceptors (Lipinski definition) is 1. The predicted octanol–water partition coefficient (Wildman–Crippen LogP) is 3.69. The molecule has 0 aromatic carbocycles. The third-order valence-corrected chi connectivity index (χ3v) is 3.56. The molecule has 2 atom stereocenters. The molecule has 0 N–H and O–H groups in total. The summed E-state index contributed by atoms with van der Waals surface area (Å²) in [4.78, 5) is 2.67. The lowest BCUT2D eigenvalue weighted by molar-refractivity contribution is 0.220. The van der Waals surface area contributed by atoms with Crippen LogP contribution in [0.15, 0.2) is 0 Å². The van der Waals surface area contributed by atoms with E-state index in [0.717, 1.165) is 12.0 Å². The fourth-order valence-electron chi connectivity index (χ4n) is 2.58. The first-order chi connectivity index (χ1) is 6.74. The Morgan fingerprint density at radius 1 is 1.14 bits per heavy atom. The second-order valence-electron chi connectivity index (χ2n) is 5.08. The molecule has 0 aliphatic carbocycles. The highest BCUT2D eigenvalue weighted by molar-refractivity contribution is 4.74. The molecule has 1 fully saturated rings. The van der Waals surface area contributed by atoms with Crippen molar-refractivity contribution in [3.05, 3.63) is 0 Å². The minimum atomic E-state index is 0.823. The average molecular weight is 197 g/mol. The fourth-order valence-corrected chi connectivity index (χ4v) is 2.58. The van der Waals surface area contributed by atoms with Crippen molar-refractivity contribution in [1.82, 2.24) is 4.90 Å². The Labute approximate surface area is 89.9 Å². The third kappa shape index (κ3) is 4.00. The molecule has 2 unspecified atom stereocenters. The lowest BCUT2D eigenvalue weighted by atomic mass is 9.96. The molecular weight excluding hydrogens is 170 g/mol. The SMILES string of the molecule is CCCCC(C)CC(C)N1CCCC1. The van der Waals surface area contributed by atoms with Crippen LogP contribution in [-0.4, -0.2) is 24.0 Å². The van der Waals surface area contributed by atoms with Gasteiger partial charge in [-0.25, -0.2) is 0 Å². The maximum absolute atomic E-state index is 2.67. The van der Waals surface area contributed by atoms with Crippen molar-refractivity contribution >= 4 is 0 Å². The summed E-state index contributed by atoms with van der Waals surface area (Å²) in [5.74, 6) is 0.922. The summed E-state index contributed by atoms with van der Waals surface area (Å²) in [5, 5.41) is 0. The largest absolute Gasteiger partial charge is 0.301 e. The van der Waals surface area contributed by atoms with Crippen molar-refractivity contribution in [2.75, 3.05) is 13.1 Å². The van der Waals surface area contributed by atoms with E-state index in [-0.39, 0.29) is 0 Å². The molecular formula is C13H27N. The molecule has 0 aromatic heterocycles. The molecule has 1 aliphatic rings. The van der Waals surface area contributed by atoms with Crippen molar-refractivity contribution in [2.24, 2.45) is 5.92 Å². The zero-order chi connectivity index (χ0) is 10.4. The van der Waals surface area contributed by atoms with Gasteiger partial charge in [0, 0.05) is 6.04 Å². The normalized spacial score (nSPS) is 22.5. The second kappa shape index (κ2) is 6.44. The van der Waals surface area contributed by atoms with E-state index in [4.69, 9.17) is 0 Å². The van der Waals surface area contributed by atoms with Crippen LogP contribution in [0.4, 0.5) is 0 Å².